The van der Waals surface area contributed by atoms with E-state index in [1.165, 1.54) is 0 Å². The molecule has 0 aliphatic rings. The Morgan fingerprint density at radius 3 is 2.50 bits per heavy atom. The summed E-state index contributed by atoms with van der Waals surface area (Å²) < 4.78 is 4.73. The maximum atomic E-state index is 10.1. The number of hydrogen-bond acceptors (Lipinski definition) is 3. The molecule has 4 heteroatoms. The number of carbonyl (C=O) groups excluding carboxylic acids is 1. The van der Waals surface area contributed by atoms with E-state index < -0.39 is 11.5 Å². The van der Waals surface area contributed by atoms with Gasteiger partial charge in [-0.1, -0.05) is 0 Å². The molecule has 0 atom stereocenters. The van der Waals surface area contributed by atoms with Crippen LogP contribution in [0.25, 0.3) is 0 Å². The third-order valence-corrected chi connectivity index (χ3v) is 0.700. The zero-order valence-electron chi connectivity index (χ0n) is 6.26. The van der Waals surface area contributed by atoms with Gasteiger partial charge in [-0.3, -0.25) is 4.79 Å². The molecule has 0 aliphatic heterocycles. The largest absolute Gasteiger partial charge is 0.388 e. The van der Waals surface area contributed by atoms with Crippen molar-refractivity contribution in [2.45, 2.75) is 19.4 Å². The van der Waals surface area contributed by atoms with E-state index in [-0.39, 0.29) is 13.2 Å². The first-order valence-electron chi connectivity index (χ1n) is 3.00. The molecule has 0 aromatic heterocycles. The molecule has 0 aliphatic carbocycles. The Morgan fingerprint density at radius 1 is 1.70 bits per heavy atom. The van der Waals surface area contributed by atoms with Gasteiger partial charge in [0.25, 0.3) is 0 Å². The van der Waals surface area contributed by atoms with Gasteiger partial charge in [-0.05, 0) is 13.8 Å². The Bertz CT molecular complexity index is 117. The summed E-state index contributed by atoms with van der Waals surface area (Å²) in [5.74, 6) is -0.524. The second-order valence-electron chi connectivity index (χ2n) is 2.77. The van der Waals surface area contributed by atoms with Gasteiger partial charge in [0.05, 0.1) is 12.2 Å². The van der Waals surface area contributed by atoms with E-state index >= 15 is 0 Å². The third-order valence-electron chi connectivity index (χ3n) is 0.700. The molecule has 1 amide bonds. The summed E-state index contributed by atoms with van der Waals surface area (Å²) in [6.07, 6.45) is 0. The van der Waals surface area contributed by atoms with E-state index in [4.69, 9.17) is 15.6 Å². The van der Waals surface area contributed by atoms with Gasteiger partial charge in [-0.15, -0.1) is 0 Å². The van der Waals surface area contributed by atoms with Gasteiger partial charge >= 0.3 is 0 Å². The molecular formula is C6H13NO3. The van der Waals surface area contributed by atoms with Crippen molar-refractivity contribution in [2.24, 2.45) is 5.73 Å². The quantitative estimate of drug-likeness (QED) is 0.550. The first-order valence-corrected chi connectivity index (χ1v) is 3.00. The molecule has 0 saturated carbocycles. The van der Waals surface area contributed by atoms with Crippen molar-refractivity contribution in [3.8, 4) is 0 Å². The van der Waals surface area contributed by atoms with Gasteiger partial charge in [0, 0.05) is 0 Å². The number of carbonyl (C=O) groups is 1. The monoisotopic (exact) mass is 147 g/mol. The van der Waals surface area contributed by atoms with E-state index in [1.54, 1.807) is 13.8 Å². The third kappa shape index (κ3) is 7.39. The Balaban J connectivity index is 3.29. The summed E-state index contributed by atoms with van der Waals surface area (Å²) >= 11 is 0. The lowest BCUT2D eigenvalue weighted by Crippen LogP contribution is -2.29. The summed E-state index contributed by atoms with van der Waals surface area (Å²) in [7, 11) is 0. The summed E-state index contributed by atoms with van der Waals surface area (Å²) in [5, 5.41) is 9.05. The molecule has 0 rings (SSSR count). The molecule has 0 aromatic carbocycles. The molecule has 0 bridgehead atoms. The Kier molecular flexibility index (Phi) is 3.32. The van der Waals surface area contributed by atoms with E-state index in [9.17, 15) is 4.79 Å². The number of rotatable bonds is 4. The van der Waals surface area contributed by atoms with E-state index in [0.29, 0.717) is 0 Å². The first-order chi connectivity index (χ1) is 4.42. The maximum absolute atomic E-state index is 10.1. The van der Waals surface area contributed by atoms with E-state index in [0.717, 1.165) is 0 Å². The molecule has 10 heavy (non-hydrogen) atoms. The second-order valence-corrected chi connectivity index (χ2v) is 2.77. The predicted molar refractivity (Wildman–Crippen MR) is 36.3 cm³/mol. The fourth-order valence-corrected chi connectivity index (χ4v) is 0.401. The van der Waals surface area contributed by atoms with Crippen LogP contribution in [0.2, 0.25) is 0 Å². The van der Waals surface area contributed by atoms with Crippen molar-refractivity contribution >= 4 is 5.91 Å². The highest BCUT2D eigenvalue weighted by molar-refractivity contribution is 5.74. The normalized spacial score (nSPS) is 11.5. The van der Waals surface area contributed by atoms with E-state index in [2.05, 4.69) is 0 Å². The molecule has 0 heterocycles. The van der Waals surface area contributed by atoms with Gasteiger partial charge < -0.3 is 15.6 Å². The fraction of sp³-hybridized carbons (Fsp3) is 0.833. The Hall–Kier alpha value is -0.610. The van der Waals surface area contributed by atoms with Crippen LogP contribution in [0.15, 0.2) is 0 Å². The summed E-state index contributed by atoms with van der Waals surface area (Å²) in [6, 6.07) is 0. The van der Waals surface area contributed by atoms with Crippen LogP contribution >= 0.6 is 0 Å². The minimum absolute atomic E-state index is 0.121. The van der Waals surface area contributed by atoms with Crippen molar-refractivity contribution < 1.29 is 14.6 Å². The summed E-state index contributed by atoms with van der Waals surface area (Å²) in [6.45, 7) is 3.17. The number of amides is 1. The van der Waals surface area contributed by atoms with Crippen molar-refractivity contribution in [1.82, 2.24) is 0 Å². The Morgan fingerprint density at radius 2 is 2.20 bits per heavy atom. The van der Waals surface area contributed by atoms with Crippen LogP contribution in [0, 0.1) is 0 Å². The number of aliphatic hydroxyl groups is 1. The van der Waals surface area contributed by atoms with Gasteiger partial charge in [-0.2, -0.15) is 0 Å². The van der Waals surface area contributed by atoms with Crippen molar-refractivity contribution in [1.29, 1.82) is 0 Å². The SMILES string of the molecule is CC(C)(O)COCC(N)=O. The zero-order chi connectivity index (χ0) is 8.20. The van der Waals surface area contributed by atoms with Crippen LogP contribution < -0.4 is 5.73 Å². The Labute approximate surface area is 60.0 Å². The molecule has 0 aromatic rings. The van der Waals surface area contributed by atoms with Crippen LogP contribution in [0.1, 0.15) is 13.8 Å². The van der Waals surface area contributed by atoms with E-state index in [1.807, 2.05) is 0 Å². The second kappa shape index (κ2) is 3.53. The minimum atomic E-state index is -0.893. The average Bonchev–Trinajstić information content (AvgIpc) is 1.59. The van der Waals surface area contributed by atoms with Gasteiger partial charge in [-0.25, -0.2) is 0 Å². The summed E-state index contributed by atoms with van der Waals surface area (Å²) in [4.78, 5) is 10.1. The number of ether oxygens (including phenoxy) is 1. The highest BCUT2D eigenvalue weighted by Crippen LogP contribution is 1.99. The van der Waals surface area contributed by atoms with Crippen LogP contribution in [0.4, 0.5) is 0 Å². The maximum Gasteiger partial charge on any atom is 0.243 e. The molecule has 60 valence electrons. The molecular weight excluding hydrogens is 134 g/mol. The lowest BCUT2D eigenvalue weighted by atomic mass is 10.2. The lowest BCUT2D eigenvalue weighted by molar-refractivity contribution is -0.124. The molecule has 0 radical (unpaired) electrons. The standard InChI is InChI=1S/C6H13NO3/c1-6(2,9)4-10-3-5(7)8/h9H,3-4H2,1-2H3,(H2,7,8). The molecule has 0 spiro atoms. The van der Waals surface area contributed by atoms with Crippen LogP contribution in [-0.4, -0.2) is 29.8 Å². The van der Waals surface area contributed by atoms with Gasteiger partial charge in [0.15, 0.2) is 0 Å². The van der Waals surface area contributed by atoms with Crippen molar-refractivity contribution in [3.63, 3.8) is 0 Å². The molecule has 0 fully saturated rings. The molecule has 0 saturated heterocycles. The van der Waals surface area contributed by atoms with Crippen molar-refractivity contribution in [3.05, 3.63) is 0 Å². The smallest absolute Gasteiger partial charge is 0.243 e. The van der Waals surface area contributed by atoms with Gasteiger partial charge in [0.2, 0.25) is 5.91 Å². The topological polar surface area (TPSA) is 72.6 Å². The highest BCUT2D eigenvalue weighted by atomic mass is 16.5. The highest BCUT2D eigenvalue weighted by Gasteiger charge is 2.12. The van der Waals surface area contributed by atoms with Crippen LogP contribution in [-0.2, 0) is 9.53 Å². The van der Waals surface area contributed by atoms with Crippen LogP contribution in [0.5, 0.6) is 0 Å². The number of hydrogen-bond donors (Lipinski definition) is 2. The number of nitrogens with two attached hydrogens (primary N) is 1. The molecule has 3 N–H and O–H groups in total. The molecule has 0 unspecified atom stereocenters. The number of primary amides is 1. The lowest BCUT2D eigenvalue weighted by Gasteiger charge is -2.15. The van der Waals surface area contributed by atoms with Crippen molar-refractivity contribution in [2.75, 3.05) is 13.2 Å². The minimum Gasteiger partial charge on any atom is -0.388 e. The predicted octanol–water partition coefficient (Wildman–Crippen LogP) is -0.741. The first kappa shape index (κ1) is 9.39. The molecule has 4 nitrogen and oxygen atoms in total. The zero-order valence-corrected chi connectivity index (χ0v) is 6.26. The fourth-order valence-electron chi connectivity index (χ4n) is 0.401. The van der Waals surface area contributed by atoms with Gasteiger partial charge in [0.1, 0.15) is 6.61 Å². The van der Waals surface area contributed by atoms with Crippen LogP contribution in [0.3, 0.4) is 0 Å². The average molecular weight is 147 g/mol. The summed E-state index contributed by atoms with van der Waals surface area (Å²) in [5.41, 5.74) is 3.88.